The van der Waals surface area contributed by atoms with Crippen LogP contribution in [0.2, 0.25) is 0 Å². The van der Waals surface area contributed by atoms with Gasteiger partial charge in [0.1, 0.15) is 5.01 Å². The third kappa shape index (κ3) is 3.19. The molecule has 2 N–H and O–H groups in total. The number of nitrogens with zero attached hydrogens (tertiary/aromatic N) is 2. The van der Waals surface area contributed by atoms with Gasteiger partial charge in [-0.3, -0.25) is 0 Å². The minimum absolute atomic E-state index is 0.0145. The van der Waals surface area contributed by atoms with Crippen LogP contribution >= 0.6 is 11.3 Å². The molecule has 3 rings (SSSR count). The quantitative estimate of drug-likeness (QED) is 0.918. The van der Waals surface area contributed by atoms with Crippen LogP contribution in [0.3, 0.4) is 0 Å². The van der Waals surface area contributed by atoms with Crippen molar-refractivity contribution in [2.75, 3.05) is 13.1 Å². The highest BCUT2D eigenvalue weighted by atomic mass is 32.2. The molecule has 2 aromatic rings. The van der Waals surface area contributed by atoms with E-state index >= 15 is 0 Å². The highest BCUT2D eigenvalue weighted by Gasteiger charge is 2.37. The van der Waals surface area contributed by atoms with E-state index in [4.69, 9.17) is 5.73 Å². The van der Waals surface area contributed by atoms with Crippen LogP contribution in [0.25, 0.3) is 10.6 Å². The highest BCUT2D eigenvalue weighted by molar-refractivity contribution is 7.89. The molecule has 124 valence electrons. The van der Waals surface area contributed by atoms with Gasteiger partial charge in [-0.2, -0.15) is 4.31 Å². The van der Waals surface area contributed by atoms with E-state index in [-0.39, 0.29) is 12.0 Å². The van der Waals surface area contributed by atoms with Crippen molar-refractivity contribution >= 4 is 21.4 Å². The van der Waals surface area contributed by atoms with Gasteiger partial charge in [0.05, 0.1) is 4.90 Å². The molecule has 5 nitrogen and oxygen atoms in total. The predicted molar refractivity (Wildman–Crippen MR) is 92.8 cm³/mol. The second-order valence-corrected chi connectivity index (χ2v) is 8.83. The summed E-state index contributed by atoms with van der Waals surface area (Å²) in [5.74, 6) is 0.240. The summed E-state index contributed by atoms with van der Waals surface area (Å²) in [6.45, 7) is 4.90. The molecule has 0 bridgehead atoms. The smallest absolute Gasteiger partial charge is 0.243 e. The van der Waals surface area contributed by atoms with E-state index in [1.807, 2.05) is 25.3 Å². The van der Waals surface area contributed by atoms with Gasteiger partial charge in [-0.1, -0.05) is 12.1 Å². The van der Waals surface area contributed by atoms with Crippen molar-refractivity contribution in [1.82, 2.24) is 9.29 Å². The standard InChI is InChI=1S/C16H21N3O2S2/c1-11-10-22-16(18-11)14-4-3-5-15(7-14)23(20,21)19-9-13(8-17)6-12(19)2/h3-5,7,10,12-13H,6,8-9,17H2,1-2H3. The van der Waals surface area contributed by atoms with Gasteiger partial charge >= 0.3 is 0 Å². The molecule has 2 unspecified atom stereocenters. The fourth-order valence-electron chi connectivity index (χ4n) is 3.03. The Labute approximate surface area is 141 Å². The van der Waals surface area contributed by atoms with Crippen LogP contribution in [-0.4, -0.2) is 36.8 Å². The number of sulfonamides is 1. The van der Waals surface area contributed by atoms with Crippen LogP contribution in [0.1, 0.15) is 19.0 Å². The zero-order valence-electron chi connectivity index (χ0n) is 13.3. The first-order valence-electron chi connectivity index (χ1n) is 7.66. The van der Waals surface area contributed by atoms with Gasteiger partial charge in [-0.15, -0.1) is 11.3 Å². The number of thiazole rings is 1. The first kappa shape index (κ1) is 16.6. The Balaban J connectivity index is 1.95. The van der Waals surface area contributed by atoms with Crippen LogP contribution < -0.4 is 5.73 Å². The van der Waals surface area contributed by atoms with E-state index in [1.54, 1.807) is 22.5 Å². The maximum atomic E-state index is 13.0. The van der Waals surface area contributed by atoms with Crippen molar-refractivity contribution in [3.63, 3.8) is 0 Å². The average Bonchev–Trinajstić information content (AvgIpc) is 3.13. The SMILES string of the molecule is Cc1csc(-c2cccc(S(=O)(=O)N3CC(CN)CC3C)c2)n1. The molecule has 23 heavy (non-hydrogen) atoms. The van der Waals surface area contributed by atoms with Crippen molar-refractivity contribution in [2.45, 2.75) is 31.2 Å². The normalized spacial score (nSPS) is 22.6. The first-order chi connectivity index (χ1) is 10.9. The van der Waals surface area contributed by atoms with Gasteiger partial charge in [-0.05, 0) is 44.9 Å². The summed E-state index contributed by atoms with van der Waals surface area (Å²) >= 11 is 1.52. The van der Waals surface area contributed by atoms with Gasteiger partial charge in [0, 0.05) is 29.2 Å². The molecule has 0 amide bonds. The summed E-state index contributed by atoms with van der Waals surface area (Å²) in [5.41, 5.74) is 7.50. The molecule has 1 aliphatic rings. The third-order valence-corrected chi connectivity index (χ3v) is 7.23. The predicted octanol–water partition coefficient (Wildman–Crippen LogP) is 2.48. The largest absolute Gasteiger partial charge is 0.330 e. The van der Waals surface area contributed by atoms with Crippen molar-refractivity contribution < 1.29 is 8.42 Å². The number of rotatable bonds is 4. The number of aryl methyl sites for hydroxylation is 1. The number of hydrogen-bond acceptors (Lipinski definition) is 5. The fraction of sp³-hybridized carbons (Fsp3) is 0.438. The topological polar surface area (TPSA) is 76.3 Å². The third-order valence-electron chi connectivity index (χ3n) is 4.24. The second kappa shape index (κ2) is 6.32. The summed E-state index contributed by atoms with van der Waals surface area (Å²) in [6.07, 6.45) is 0.821. The molecule has 0 saturated carbocycles. The molecule has 1 fully saturated rings. The lowest BCUT2D eigenvalue weighted by Gasteiger charge is -2.21. The maximum absolute atomic E-state index is 13.0. The van der Waals surface area contributed by atoms with Gasteiger partial charge in [-0.25, -0.2) is 13.4 Å². The summed E-state index contributed by atoms with van der Waals surface area (Å²) in [6, 6.07) is 7.03. The van der Waals surface area contributed by atoms with E-state index in [9.17, 15) is 8.42 Å². The zero-order valence-corrected chi connectivity index (χ0v) is 14.9. The van der Waals surface area contributed by atoms with Crippen molar-refractivity contribution in [3.8, 4) is 10.6 Å². The maximum Gasteiger partial charge on any atom is 0.243 e. The van der Waals surface area contributed by atoms with Crippen molar-refractivity contribution in [1.29, 1.82) is 0 Å². The number of nitrogens with two attached hydrogens (primary N) is 1. The Morgan fingerprint density at radius 3 is 2.83 bits per heavy atom. The molecule has 2 atom stereocenters. The van der Waals surface area contributed by atoms with Crippen molar-refractivity contribution in [3.05, 3.63) is 35.3 Å². The van der Waals surface area contributed by atoms with Gasteiger partial charge in [0.15, 0.2) is 0 Å². The van der Waals surface area contributed by atoms with Crippen LogP contribution in [0.15, 0.2) is 34.5 Å². The molecule has 0 aliphatic carbocycles. The molecule has 2 heterocycles. The first-order valence-corrected chi connectivity index (χ1v) is 9.98. The second-order valence-electron chi connectivity index (χ2n) is 6.08. The van der Waals surface area contributed by atoms with E-state index < -0.39 is 10.0 Å². The lowest BCUT2D eigenvalue weighted by atomic mass is 10.1. The van der Waals surface area contributed by atoms with E-state index in [0.29, 0.717) is 18.0 Å². The molecule has 1 aromatic carbocycles. The van der Waals surface area contributed by atoms with Crippen molar-refractivity contribution in [2.24, 2.45) is 11.7 Å². The van der Waals surface area contributed by atoms with Gasteiger partial charge < -0.3 is 5.73 Å². The Morgan fingerprint density at radius 2 is 2.22 bits per heavy atom. The van der Waals surface area contributed by atoms with E-state index in [1.165, 1.54) is 11.3 Å². The lowest BCUT2D eigenvalue weighted by Crippen LogP contribution is -2.34. The van der Waals surface area contributed by atoms with Crippen LogP contribution in [0.4, 0.5) is 0 Å². The molecule has 1 aromatic heterocycles. The Hall–Kier alpha value is -1.28. The molecule has 7 heteroatoms. The number of hydrogen-bond donors (Lipinski definition) is 1. The lowest BCUT2D eigenvalue weighted by molar-refractivity contribution is 0.404. The monoisotopic (exact) mass is 351 g/mol. The molecule has 0 radical (unpaired) electrons. The van der Waals surface area contributed by atoms with Gasteiger partial charge in [0.2, 0.25) is 10.0 Å². The minimum Gasteiger partial charge on any atom is -0.330 e. The number of aromatic nitrogens is 1. The summed E-state index contributed by atoms with van der Waals surface area (Å²) < 4.78 is 27.5. The van der Waals surface area contributed by atoms with E-state index in [2.05, 4.69) is 4.98 Å². The molecular formula is C16H21N3O2S2. The molecule has 0 spiro atoms. The fourth-order valence-corrected chi connectivity index (χ4v) is 5.59. The summed E-state index contributed by atoms with van der Waals surface area (Å²) in [4.78, 5) is 4.76. The van der Waals surface area contributed by atoms with Crippen LogP contribution in [0, 0.1) is 12.8 Å². The van der Waals surface area contributed by atoms with E-state index in [0.717, 1.165) is 22.7 Å². The van der Waals surface area contributed by atoms with Gasteiger partial charge in [0.25, 0.3) is 0 Å². The molecule has 1 aliphatic heterocycles. The Kier molecular flexibility index (Phi) is 4.55. The molecule has 1 saturated heterocycles. The van der Waals surface area contributed by atoms with Crippen LogP contribution in [-0.2, 0) is 10.0 Å². The highest BCUT2D eigenvalue weighted by Crippen LogP contribution is 2.31. The summed E-state index contributed by atoms with van der Waals surface area (Å²) in [5, 5.41) is 2.80. The zero-order chi connectivity index (χ0) is 16.6. The summed E-state index contributed by atoms with van der Waals surface area (Å²) in [7, 11) is -3.50. The Morgan fingerprint density at radius 1 is 1.43 bits per heavy atom. The number of benzene rings is 1. The average molecular weight is 351 g/mol. The Bertz CT molecular complexity index is 801. The molecular weight excluding hydrogens is 330 g/mol. The van der Waals surface area contributed by atoms with Crippen LogP contribution in [0.5, 0.6) is 0 Å². The minimum atomic E-state index is -3.50.